The number of nitrogens with zero attached hydrogens (tertiary/aromatic N) is 2. The maximum Gasteiger partial charge on any atom is 0.326 e. The van der Waals surface area contributed by atoms with E-state index in [0.29, 0.717) is 11.4 Å². The van der Waals surface area contributed by atoms with Gasteiger partial charge in [-0.3, -0.25) is 19.2 Å². The fourth-order valence-corrected chi connectivity index (χ4v) is 3.28. The van der Waals surface area contributed by atoms with Crippen LogP contribution < -0.4 is 21.7 Å². The molecule has 2 heterocycles. The molecule has 0 aromatic carbocycles. The lowest BCUT2D eigenvalue weighted by Gasteiger charge is -2.26. The molecule has 5 atom stereocenters. The van der Waals surface area contributed by atoms with Gasteiger partial charge in [0.05, 0.1) is 24.8 Å². The van der Waals surface area contributed by atoms with Gasteiger partial charge in [-0.2, -0.15) is 0 Å². The molecule has 0 aliphatic carbocycles. The summed E-state index contributed by atoms with van der Waals surface area (Å²) in [6, 6.07) is -5.47. The van der Waals surface area contributed by atoms with E-state index in [1.54, 1.807) is 0 Å². The lowest BCUT2D eigenvalue weighted by atomic mass is 10.1. The number of hydrogen-bond acceptors (Lipinski definition) is 9. The predicted octanol–water partition coefficient (Wildman–Crippen LogP) is -2.97. The number of H-pyrrole nitrogens is 2. The van der Waals surface area contributed by atoms with Gasteiger partial charge in [0.1, 0.15) is 18.1 Å². The van der Waals surface area contributed by atoms with E-state index in [-0.39, 0.29) is 12.8 Å². The molecule has 202 valence electrons. The average molecular weight is 523 g/mol. The molecular formula is C21H30N8O8. The van der Waals surface area contributed by atoms with E-state index in [0.717, 1.165) is 0 Å². The number of imidazole rings is 2. The zero-order valence-corrected chi connectivity index (χ0v) is 19.9. The number of rotatable bonds is 15. The van der Waals surface area contributed by atoms with Gasteiger partial charge in [-0.15, -0.1) is 0 Å². The van der Waals surface area contributed by atoms with Crippen LogP contribution in [0.3, 0.4) is 0 Å². The largest absolute Gasteiger partial charge is 0.481 e. The predicted molar refractivity (Wildman–Crippen MR) is 125 cm³/mol. The summed E-state index contributed by atoms with van der Waals surface area (Å²) in [5, 5.41) is 35.1. The van der Waals surface area contributed by atoms with Gasteiger partial charge in [0.15, 0.2) is 0 Å². The van der Waals surface area contributed by atoms with Crippen molar-refractivity contribution in [2.24, 2.45) is 5.73 Å². The number of hydrogen-bond donors (Lipinski definition) is 9. The molecular weight excluding hydrogens is 492 g/mol. The number of nitrogens with one attached hydrogen (secondary N) is 5. The number of carbonyl (C=O) groups excluding carboxylic acids is 3. The minimum atomic E-state index is -1.61. The highest BCUT2D eigenvalue weighted by atomic mass is 16.4. The number of aliphatic hydroxyl groups is 1. The van der Waals surface area contributed by atoms with Gasteiger partial charge < -0.3 is 47.0 Å². The fourth-order valence-electron chi connectivity index (χ4n) is 3.28. The van der Waals surface area contributed by atoms with Crippen LogP contribution in [0.1, 0.15) is 31.2 Å². The molecule has 0 aliphatic heterocycles. The molecule has 0 aliphatic rings. The van der Waals surface area contributed by atoms with Crippen molar-refractivity contribution < 1.29 is 39.3 Å². The third-order valence-corrected chi connectivity index (χ3v) is 5.27. The standard InChI is InChI=1S/C21H30N8O8/c1-10(30)17(20(35)27-14(21(36)37)2-3-16(31)32)29-19(34)15(5-12-7-24-9-26-12)28-18(33)13(22)4-11-6-23-8-25-11/h6-10,13-15,17,30H,2-5,22H2,1H3,(H,23,25)(H,24,26)(H,27,35)(H,28,33)(H,29,34)(H,31,32)(H,36,37). The Bertz CT molecular complexity index is 1060. The van der Waals surface area contributed by atoms with Crippen molar-refractivity contribution in [3.63, 3.8) is 0 Å². The van der Waals surface area contributed by atoms with E-state index in [1.165, 1.54) is 32.0 Å². The van der Waals surface area contributed by atoms with E-state index >= 15 is 0 Å². The lowest BCUT2D eigenvalue weighted by Crippen LogP contribution is -2.60. The van der Waals surface area contributed by atoms with Gasteiger partial charge in [0, 0.05) is 43.0 Å². The summed E-state index contributed by atoms with van der Waals surface area (Å²) in [5.41, 5.74) is 7.02. The van der Waals surface area contributed by atoms with Crippen molar-refractivity contribution in [2.75, 3.05) is 0 Å². The first-order valence-electron chi connectivity index (χ1n) is 11.2. The van der Waals surface area contributed by atoms with Crippen molar-refractivity contribution >= 4 is 29.7 Å². The van der Waals surface area contributed by atoms with Gasteiger partial charge in [-0.05, 0) is 13.3 Å². The Morgan fingerprint density at radius 2 is 1.46 bits per heavy atom. The van der Waals surface area contributed by atoms with E-state index in [2.05, 4.69) is 35.9 Å². The Morgan fingerprint density at radius 1 is 0.892 bits per heavy atom. The summed E-state index contributed by atoms with van der Waals surface area (Å²) in [6.45, 7) is 1.19. The fraction of sp³-hybridized carbons (Fsp3) is 0.476. The Morgan fingerprint density at radius 3 is 1.95 bits per heavy atom. The molecule has 0 radical (unpaired) electrons. The molecule has 0 saturated heterocycles. The Hall–Kier alpha value is -4.31. The number of aliphatic carboxylic acids is 2. The van der Waals surface area contributed by atoms with Crippen LogP contribution in [0.4, 0.5) is 0 Å². The molecule has 16 heteroatoms. The van der Waals surface area contributed by atoms with Crippen LogP contribution in [-0.2, 0) is 36.8 Å². The summed E-state index contributed by atoms with van der Waals surface area (Å²) < 4.78 is 0. The third kappa shape index (κ3) is 9.34. The summed E-state index contributed by atoms with van der Waals surface area (Å²) >= 11 is 0. The van der Waals surface area contributed by atoms with Crippen LogP contribution in [0.25, 0.3) is 0 Å². The van der Waals surface area contributed by atoms with Crippen LogP contribution in [0.2, 0.25) is 0 Å². The second-order valence-electron chi connectivity index (χ2n) is 8.29. The maximum absolute atomic E-state index is 13.1. The van der Waals surface area contributed by atoms with Crippen LogP contribution in [-0.4, -0.2) is 95.2 Å². The highest BCUT2D eigenvalue weighted by Crippen LogP contribution is 2.05. The number of aromatic amines is 2. The molecule has 3 amide bonds. The SMILES string of the molecule is CC(O)C(NC(=O)C(Cc1cnc[nH]1)NC(=O)C(N)Cc1cnc[nH]1)C(=O)NC(CCC(=O)O)C(=O)O. The van der Waals surface area contributed by atoms with E-state index < -0.39 is 72.8 Å². The molecule has 0 fully saturated rings. The average Bonchev–Trinajstić information content (AvgIpc) is 3.53. The van der Waals surface area contributed by atoms with Crippen LogP contribution >= 0.6 is 0 Å². The minimum absolute atomic E-state index is 0.0706. The second-order valence-corrected chi connectivity index (χ2v) is 8.29. The third-order valence-electron chi connectivity index (χ3n) is 5.27. The Balaban J connectivity index is 2.13. The Kier molecular flexibility index (Phi) is 10.7. The van der Waals surface area contributed by atoms with E-state index in [9.17, 15) is 34.2 Å². The quantitative estimate of drug-likeness (QED) is 0.114. The normalized spacial score (nSPS) is 15.0. The van der Waals surface area contributed by atoms with Gasteiger partial charge in [0.25, 0.3) is 0 Å². The number of aliphatic hydroxyl groups excluding tert-OH is 1. The molecule has 0 bridgehead atoms. The first-order chi connectivity index (χ1) is 17.5. The van der Waals surface area contributed by atoms with Gasteiger partial charge in [0.2, 0.25) is 17.7 Å². The second kappa shape index (κ2) is 13.7. The van der Waals surface area contributed by atoms with Crippen LogP contribution in [0.5, 0.6) is 0 Å². The van der Waals surface area contributed by atoms with Gasteiger partial charge in [-0.25, -0.2) is 14.8 Å². The van der Waals surface area contributed by atoms with Crippen molar-refractivity contribution in [2.45, 2.75) is 62.9 Å². The molecule has 2 rings (SSSR count). The lowest BCUT2D eigenvalue weighted by molar-refractivity contribution is -0.144. The summed E-state index contributed by atoms with van der Waals surface area (Å²) in [6.07, 6.45) is 3.34. The van der Waals surface area contributed by atoms with Crippen LogP contribution in [0, 0.1) is 0 Å². The highest BCUT2D eigenvalue weighted by Gasteiger charge is 2.33. The summed E-state index contributed by atoms with van der Waals surface area (Å²) in [7, 11) is 0. The molecule has 0 spiro atoms. The number of nitrogens with two attached hydrogens (primary N) is 1. The van der Waals surface area contributed by atoms with Crippen molar-refractivity contribution in [1.29, 1.82) is 0 Å². The number of amides is 3. The summed E-state index contributed by atoms with van der Waals surface area (Å²) in [4.78, 5) is 74.0. The minimum Gasteiger partial charge on any atom is -0.481 e. The highest BCUT2D eigenvalue weighted by molar-refractivity contribution is 5.94. The van der Waals surface area contributed by atoms with Crippen molar-refractivity contribution in [3.05, 3.63) is 36.4 Å². The number of carbonyl (C=O) groups is 5. The van der Waals surface area contributed by atoms with Crippen molar-refractivity contribution in [1.82, 2.24) is 35.9 Å². The molecule has 0 saturated carbocycles. The van der Waals surface area contributed by atoms with Gasteiger partial charge in [-0.1, -0.05) is 0 Å². The maximum atomic E-state index is 13.1. The van der Waals surface area contributed by atoms with Gasteiger partial charge >= 0.3 is 11.9 Å². The first-order valence-corrected chi connectivity index (χ1v) is 11.2. The zero-order chi connectivity index (χ0) is 27.5. The van der Waals surface area contributed by atoms with Crippen LogP contribution in [0.15, 0.2) is 25.0 Å². The Labute approximate surface area is 210 Å². The number of carboxylic acids is 2. The molecule has 16 nitrogen and oxygen atoms in total. The molecule has 5 unspecified atom stereocenters. The summed E-state index contributed by atoms with van der Waals surface area (Å²) in [5.74, 6) is -5.34. The number of carboxylic acid groups (broad SMARTS) is 2. The molecule has 37 heavy (non-hydrogen) atoms. The van der Waals surface area contributed by atoms with E-state index in [1.807, 2.05) is 0 Å². The zero-order valence-electron chi connectivity index (χ0n) is 19.9. The molecule has 2 aromatic heterocycles. The van der Waals surface area contributed by atoms with E-state index in [4.69, 9.17) is 10.8 Å². The topological polar surface area (TPSA) is 266 Å². The smallest absolute Gasteiger partial charge is 0.326 e. The van der Waals surface area contributed by atoms with Crippen molar-refractivity contribution in [3.8, 4) is 0 Å². The monoisotopic (exact) mass is 522 g/mol. The number of aromatic nitrogens is 4. The first kappa shape index (κ1) is 28.9. The molecule has 2 aromatic rings. The molecule has 10 N–H and O–H groups in total.